The zero-order chi connectivity index (χ0) is 17.6. The molecule has 2 atom stereocenters. The van der Waals surface area contributed by atoms with E-state index in [0.29, 0.717) is 12.0 Å². The van der Waals surface area contributed by atoms with Crippen LogP contribution in [0.25, 0.3) is 0 Å². The molecule has 0 fully saturated rings. The van der Waals surface area contributed by atoms with Crippen molar-refractivity contribution in [3.05, 3.63) is 0 Å². The molecule has 0 aliphatic heterocycles. The summed E-state index contributed by atoms with van der Waals surface area (Å²) in [4.78, 5) is 0. The van der Waals surface area contributed by atoms with Gasteiger partial charge in [-0.15, -0.1) is 0 Å². The maximum atomic E-state index is 6.48. The van der Waals surface area contributed by atoms with Gasteiger partial charge in [0.05, 0.1) is 0 Å². The van der Waals surface area contributed by atoms with Crippen molar-refractivity contribution in [1.82, 2.24) is 0 Å². The third-order valence-electron chi connectivity index (χ3n) is 5.29. The van der Waals surface area contributed by atoms with Gasteiger partial charge in [0.25, 0.3) is 0 Å². The number of hydrogen-bond acceptors (Lipinski definition) is 2. The highest BCUT2D eigenvalue weighted by Gasteiger charge is 2.36. The lowest BCUT2D eigenvalue weighted by Gasteiger charge is -2.34. The Balaban J connectivity index is 3.95. The first-order valence-corrected chi connectivity index (χ1v) is 12.6. The molecule has 0 heterocycles. The Kier molecular flexibility index (Phi) is 14.6. The third kappa shape index (κ3) is 10.6. The Morgan fingerprint density at radius 2 is 1.26 bits per heavy atom. The molecule has 0 N–H and O–H groups in total. The van der Waals surface area contributed by atoms with E-state index < -0.39 is 8.56 Å². The largest absolute Gasteiger partial charge is 0.394 e. The molecule has 0 amide bonds. The number of hydrogen-bond donors (Lipinski definition) is 0. The summed E-state index contributed by atoms with van der Waals surface area (Å²) in [5, 5.41) is 0. The second-order valence-corrected chi connectivity index (χ2v) is 10.9. The van der Waals surface area contributed by atoms with Crippen LogP contribution in [0.2, 0.25) is 12.1 Å². The molecule has 0 aliphatic rings. The summed E-state index contributed by atoms with van der Waals surface area (Å²) in [6.07, 6.45) is 12.3. The first kappa shape index (κ1) is 23.1. The molecule has 0 radical (unpaired) electrons. The van der Waals surface area contributed by atoms with E-state index in [1.165, 1.54) is 57.8 Å². The lowest BCUT2D eigenvalue weighted by Crippen LogP contribution is -2.45. The van der Waals surface area contributed by atoms with Gasteiger partial charge in [-0.2, -0.15) is 0 Å². The predicted molar refractivity (Wildman–Crippen MR) is 105 cm³/mol. The van der Waals surface area contributed by atoms with Crippen LogP contribution in [0, 0.1) is 5.92 Å². The summed E-state index contributed by atoms with van der Waals surface area (Å²) < 4.78 is 12.8. The summed E-state index contributed by atoms with van der Waals surface area (Å²) >= 11 is 0. The van der Waals surface area contributed by atoms with E-state index in [2.05, 4.69) is 41.5 Å². The van der Waals surface area contributed by atoms with Crippen molar-refractivity contribution in [2.45, 2.75) is 118 Å². The zero-order valence-electron chi connectivity index (χ0n) is 17.0. The van der Waals surface area contributed by atoms with Crippen molar-refractivity contribution in [2.24, 2.45) is 5.92 Å². The van der Waals surface area contributed by atoms with Crippen molar-refractivity contribution in [2.75, 3.05) is 6.61 Å². The molecule has 0 aromatic carbocycles. The van der Waals surface area contributed by atoms with E-state index in [-0.39, 0.29) is 0 Å². The van der Waals surface area contributed by atoms with Gasteiger partial charge in [-0.05, 0) is 31.4 Å². The molecular formula is C20H44O2Si. The average molecular weight is 345 g/mol. The van der Waals surface area contributed by atoms with Crippen LogP contribution in [-0.4, -0.2) is 21.3 Å². The van der Waals surface area contributed by atoms with E-state index in [1.807, 2.05) is 0 Å². The van der Waals surface area contributed by atoms with Crippen LogP contribution in [0.1, 0.15) is 99.3 Å². The highest BCUT2D eigenvalue weighted by molar-refractivity contribution is 6.67. The monoisotopic (exact) mass is 344 g/mol. The minimum absolute atomic E-state index is 0.324. The van der Waals surface area contributed by atoms with Crippen LogP contribution in [0.3, 0.4) is 0 Å². The summed E-state index contributed by atoms with van der Waals surface area (Å²) in [6, 6.07) is 2.14. The second-order valence-electron chi connectivity index (χ2n) is 7.15. The molecule has 2 nitrogen and oxygen atoms in total. The van der Waals surface area contributed by atoms with E-state index in [4.69, 9.17) is 8.85 Å². The van der Waals surface area contributed by atoms with Crippen LogP contribution in [0.15, 0.2) is 0 Å². The summed E-state index contributed by atoms with van der Waals surface area (Å²) in [7, 11) is -1.97. The van der Waals surface area contributed by atoms with Crippen LogP contribution < -0.4 is 0 Å². The molecular weight excluding hydrogens is 300 g/mol. The molecule has 140 valence electrons. The van der Waals surface area contributed by atoms with Gasteiger partial charge in [0.2, 0.25) is 0 Å². The maximum absolute atomic E-state index is 6.48. The third-order valence-corrected chi connectivity index (χ3v) is 8.97. The van der Waals surface area contributed by atoms with E-state index in [9.17, 15) is 0 Å². The summed E-state index contributed by atoms with van der Waals surface area (Å²) in [5.41, 5.74) is 0. The van der Waals surface area contributed by atoms with E-state index in [0.717, 1.165) is 18.7 Å². The quantitative estimate of drug-likeness (QED) is 0.220. The van der Waals surface area contributed by atoms with E-state index in [1.54, 1.807) is 0 Å². The molecule has 0 aliphatic carbocycles. The molecule has 0 saturated heterocycles. The number of unbranched alkanes of at least 4 members (excludes halogenated alkanes) is 7. The molecule has 0 aromatic heterocycles. The van der Waals surface area contributed by atoms with Crippen molar-refractivity contribution in [3.63, 3.8) is 0 Å². The van der Waals surface area contributed by atoms with Gasteiger partial charge in [-0.3, -0.25) is 0 Å². The molecule has 0 bridgehead atoms. The fraction of sp³-hybridized carbons (Fsp3) is 1.00. The Labute approximate surface area is 148 Å². The summed E-state index contributed by atoms with van der Waals surface area (Å²) in [5.74, 6) is 0.617. The predicted octanol–water partition coefficient (Wildman–Crippen LogP) is 7.08. The van der Waals surface area contributed by atoms with Crippen molar-refractivity contribution >= 4 is 8.56 Å². The Bertz CT molecular complexity index is 254. The topological polar surface area (TPSA) is 18.5 Å². The average Bonchev–Trinajstić information content (AvgIpc) is 2.58. The van der Waals surface area contributed by atoms with Gasteiger partial charge >= 0.3 is 8.56 Å². The van der Waals surface area contributed by atoms with Crippen molar-refractivity contribution in [3.8, 4) is 0 Å². The van der Waals surface area contributed by atoms with Crippen molar-refractivity contribution in [1.29, 1.82) is 0 Å². The van der Waals surface area contributed by atoms with Gasteiger partial charge in [-0.1, -0.05) is 86.0 Å². The second kappa shape index (κ2) is 14.5. The highest BCUT2D eigenvalue weighted by Crippen LogP contribution is 2.24. The molecule has 3 heteroatoms. The van der Waals surface area contributed by atoms with Gasteiger partial charge in [-0.25, -0.2) is 0 Å². The number of rotatable bonds is 16. The Morgan fingerprint density at radius 3 is 1.74 bits per heavy atom. The first-order valence-electron chi connectivity index (χ1n) is 10.4. The van der Waals surface area contributed by atoms with Crippen LogP contribution in [-0.2, 0) is 8.85 Å². The lowest BCUT2D eigenvalue weighted by atomic mass is 10.0. The molecule has 0 spiro atoms. The van der Waals surface area contributed by atoms with Crippen LogP contribution in [0.4, 0.5) is 0 Å². The van der Waals surface area contributed by atoms with Crippen LogP contribution >= 0.6 is 0 Å². The van der Waals surface area contributed by atoms with Crippen LogP contribution in [0.5, 0.6) is 0 Å². The van der Waals surface area contributed by atoms with Gasteiger partial charge in [0.15, 0.2) is 0 Å². The molecule has 23 heavy (non-hydrogen) atoms. The summed E-state index contributed by atoms with van der Waals surface area (Å²) in [6.45, 7) is 14.4. The SMILES string of the molecule is CCCCCCCCCCO[Si](CC)(CC)OC(C)C(C)CC. The van der Waals surface area contributed by atoms with Gasteiger partial charge in [0, 0.05) is 12.7 Å². The normalized spacial score (nSPS) is 14.9. The first-order chi connectivity index (χ1) is 11.0. The smallest absolute Gasteiger partial charge is 0.337 e. The molecule has 0 saturated carbocycles. The maximum Gasteiger partial charge on any atom is 0.337 e. The molecule has 2 unspecified atom stereocenters. The molecule has 0 aromatic rings. The minimum atomic E-state index is -1.97. The minimum Gasteiger partial charge on any atom is -0.394 e. The van der Waals surface area contributed by atoms with E-state index >= 15 is 0 Å². The lowest BCUT2D eigenvalue weighted by molar-refractivity contribution is 0.0869. The Morgan fingerprint density at radius 1 is 0.739 bits per heavy atom. The Hall–Kier alpha value is 0.137. The van der Waals surface area contributed by atoms with Gasteiger partial charge in [0.1, 0.15) is 0 Å². The fourth-order valence-electron chi connectivity index (χ4n) is 2.94. The standard InChI is InChI=1S/C20H44O2Si/c1-7-11-12-13-14-15-16-17-18-21-23(9-3,10-4)22-20(6)19(5)8-2/h19-20H,7-18H2,1-6H3. The molecule has 0 rings (SSSR count). The van der Waals surface area contributed by atoms with Crippen molar-refractivity contribution < 1.29 is 8.85 Å². The fourth-order valence-corrected chi connectivity index (χ4v) is 5.67. The van der Waals surface area contributed by atoms with Gasteiger partial charge < -0.3 is 8.85 Å². The highest BCUT2D eigenvalue weighted by atomic mass is 28.4. The zero-order valence-corrected chi connectivity index (χ0v) is 18.0.